The Morgan fingerprint density at radius 1 is 1.09 bits per heavy atom. The van der Waals surface area contributed by atoms with E-state index in [2.05, 4.69) is 15.0 Å². The Balaban J connectivity index is 1.33. The molecule has 35 heavy (non-hydrogen) atoms. The van der Waals surface area contributed by atoms with E-state index in [1.807, 2.05) is 55.5 Å². The van der Waals surface area contributed by atoms with Crippen LogP contribution in [0, 0.1) is 0 Å². The number of aliphatic hydroxyl groups excluding tert-OH is 1. The zero-order valence-electron chi connectivity index (χ0n) is 20.1. The summed E-state index contributed by atoms with van der Waals surface area (Å²) in [5, 5.41) is 18.2. The normalized spacial score (nSPS) is 20.9. The molecule has 1 aliphatic rings. The number of sulfonamides is 1. The Morgan fingerprint density at radius 2 is 1.80 bits per heavy atom. The number of nitrogens with one attached hydrogen (secondary N) is 1. The summed E-state index contributed by atoms with van der Waals surface area (Å²) in [5.74, 6) is 0. The number of aryl methyl sites for hydroxylation is 1. The van der Waals surface area contributed by atoms with Gasteiger partial charge >= 0.3 is 0 Å². The third-order valence-corrected chi connectivity index (χ3v) is 7.62. The average Bonchev–Trinajstić information content (AvgIpc) is 3.30. The van der Waals surface area contributed by atoms with Crippen LogP contribution in [0.1, 0.15) is 25.0 Å². The highest BCUT2D eigenvalue weighted by Crippen LogP contribution is 2.25. The Labute approximate surface area is 206 Å². The second kappa shape index (κ2) is 11.4. The van der Waals surface area contributed by atoms with E-state index >= 15 is 0 Å². The molecule has 4 rings (SSSR count). The van der Waals surface area contributed by atoms with Gasteiger partial charge < -0.3 is 14.7 Å². The maximum Gasteiger partial charge on any atom is 0.240 e. The highest BCUT2D eigenvalue weighted by Gasteiger charge is 2.34. The fraction of sp³-hybridized carbons (Fsp3) is 0.440. The maximum atomic E-state index is 13.0. The van der Waals surface area contributed by atoms with E-state index in [4.69, 9.17) is 4.74 Å². The molecule has 0 saturated carbocycles. The number of aromatic nitrogens is 3. The topological polar surface area (TPSA) is 110 Å². The molecule has 1 aliphatic heterocycles. The van der Waals surface area contributed by atoms with Gasteiger partial charge in [0.05, 0.1) is 35.4 Å². The summed E-state index contributed by atoms with van der Waals surface area (Å²) in [5.41, 5.74) is 2.87. The SMILES string of the molecule is CN(C)Cc1cn(CC[C@@H]2CC[C@@H](NS(=O)(=O)c3ccc(-c4ccccc4)cc3)[C@H](CO)O2)nn1. The summed E-state index contributed by atoms with van der Waals surface area (Å²) in [6.07, 6.45) is 3.22. The van der Waals surface area contributed by atoms with Gasteiger partial charge in [0.15, 0.2) is 0 Å². The van der Waals surface area contributed by atoms with Crippen molar-refractivity contribution in [1.82, 2.24) is 24.6 Å². The zero-order valence-corrected chi connectivity index (χ0v) is 20.9. The third-order valence-electron chi connectivity index (χ3n) is 6.12. The Bertz CT molecular complexity index is 1180. The van der Waals surface area contributed by atoms with Crippen LogP contribution < -0.4 is 4.72 Å². The lowest BCUT2D eigenvalue weighted by Crippen LogP contribution is -2.50. The van der Waals surface area contributed by atoms with Gasteiger partial charge in [-0.15, -0.1) is 5.10 Å². The minimum Gasteiger partial charge on any atom is -0.394 e. The molecule has 1 saturated heterocycles. The molecule has 188 valence electrons. The molecular formula is C25H33N5O4S. The van der Waals surface area contributed by atoms with E-state index in [-0.39, 0.29) is 17.6 Å². The van der Waals surface area contributed by atoms with Crippen LogP contribution in [0.5, 0.6) is 0 Å². The van der Waals surface area contributed by atoms with Crippen molar-refractivity contribution < 1.29 is 18.3 Å². The summed E-state index contributed by atoms with van der Waals surface area (Å²) < 4.78 is 36.6. The molecule has 0 aliphatic carbocycles. The standard InChI is InChI=1S/C25H33N5O4S/c1-29(2)16-21-17-30(28-26-21)15-14-22-10-13-24(25(18-31)34-22)27-35(32,33)23-11-8-20(9-12-23)19-6-4-3-5-7-19/h3-9,11-12,17,22,24-25,27,31H,10,13-16,18H2,1-2H3/t22-,24+,25-/m0/s1. The predicted octanol–water partition coefficient (Wildman–Crippen LogP) is 2.28. The van der Waals surface area contributed by atoms with E-state index in [0.29, 0.717) is 25.8 Å². The second-order valence-electron chi connectivity index (χ2n) is 9.17. The number of ether oxygens (including phenoxy) is 1. The number of nitrogens with zero attached hydrogens (tertiary/aromatic N) is 4. The molecular weight excluding hydrogens is 466 g/mol. The first kappa shape index (κ1) is 25.5. The van der Waals surface area contributed by atoms with E-state index in [1.165, 1.54) is 0 Å². The fourth-order valence-corrected chi connectivity index (χ4v) is 5.62. The minimum atomic E-state index is -3.75. The number of hydrogen-bond donors (Lipinski definition) is 2. The summed E-state index contributed by atoms with van der Waals surface area (Å²) in [6.45, 7) is 1.11. The highest BCUT2D eigenvalue weighted by molar-refractivity contribution is 7.89. The van der Waals surface area contributed by atoms with Gasteiger partial charge in [0.1, 0.15) is 0 Å². The Morgan fingerprint density at radius 3 is 2.49 bits per heavy atom. The van der Waals surface area contributed by atoms with Crippen molar-refractivity contribution in [3.8, 4) is 11.1 Å². The number of benzene rings is 2. The molecule has 1 aromatic heterocycles. The molecule has 2 N–H and O–H groups in total. The molecule has 0 radical (unpaired) electrons. The third kappa shape index (κ3) is 6.74. The molecule has 0 unspecified atom stereocenters. The monoisotopic (exact) mass is 499 g/mol. The van der Waals surface area contributed by atoms with Crippen molar-refractivity contribution in [2.45, 2.75) is 55.5 Å². The molecule has 0 amide bonds. The van der Waals surface area contributed by atoms with Crippen molar-refractivity contribution in [1.29, 1.82) is 0 Å². The lowest BCUT2D eigenvalue weighted by molar-refractivity contribution is -0.0891. The first-order valence-electron chi connectivity index (χ1n) is 11.8. The van der Waals surface area contributed by atoms with Crippen LogP contribution in [0.4, 0.5) is 0 Å². The average molecular weight is 500 g/mol. The van der Waals surface area contributed by atoms with E-state index in [1.54, 1.807) is 28.9 Å². The lowest BCUT2D eigenvalue weighted by atomic mass is 9.98. The van der Waals surface area contributed by atoms with Crippen LogP contribution in [-0.2, 0) is 27.8 Å². The van der Waals surface area contributed by atoms with Gasteiger partial charge in [-0.2, -0.15) is 0 Å². The second-order valence-corrected chi connectivity index (χ2v) is 10.9. The molecule has 0 bridgehead atoms. The van der Waals surface area contributed by atoms with Gasteiger partial charge in [-0.05, 0) is 56.6 Å². The van der Waals surface area contributed by atoms with Gasteiger partial charge in [-0.25, -0.2) is 13.1 Å². The molecule has 9 nitrogen and oxygen atoms in total. The van der Waals surface area contributed by atoms with Gasteiger partial charge in [-0.3, -0.25) is 4.68 Å². The number of hydrogen-bond acceptors (Lipinski definition) is 7. The van der Waals surface area contributed by atoms with Crippen molar-refractivity contribution in [2.24, 2.45) is 0 Å². The quantitative estimate of drug-likeness (QED) is 0.440. The number of rotatable bonds is 10. The van der Waals surface area contributed by atoms with Crippen molar-refractivity contribution >= 4 is 10.0 Å². The fourth-order valence-electron chi connectivity index (χ4n) is 4.32. The molecule has 2 heterocycles. The van der Waals surface area contributed by atoms with Crippen LogP contribution in [0.3, 0.4) is 0 Å². The van der Waals surface area contributed by atoms with Crippen molar-refractivity contribution in [2.75, 3.05) is 20.7 Å². The van der Waals surface area contributed by atoms with Crippen LogP contribution in [-0.4, -0.2) is 72.4 Å². The van der Waals surface area contributed by atoms with Crippen LogP contribution >= 0.6 is 0 Å². The molecule has 0 spiro atoms. The summed E-state index contributed by atoms with van der Waals surface area (Å²) in [6, 6.07) is 16.1. The van der Waals surface area contributed by atoms with Gasteiger partial charge in [0.25, 0.3) is 0 Å². The summed E-state index contributed by atoms with van der Waals surface area (Å²) in [7, 11) is 0.212. The summed E-state index contributed by atoms with van der Waals surface area (Å²) >= 11 is 0. The maximum absolute atomic E-state index is 13.0. The summed E-state index contributed by atoms with van der Waals surface area (Å²) in [4.78, 5) is 2.22. The zero-order chi connectivity index (χ0) is 24.8. The van der Waals surface area contributed by atoms with E-state index in [9.17, 15) is 13.5 Å². The Kier molecular flexibility index (Phi) is 8.30. The van der Waals surface area contributed by atoms with Crippen LogP contribution in [0.2, 0.25) is 0 Å². The molecule has 1 fully saturated rings. The molecule has 3 aromatic rings. The minimum absolute atomic E-state index is 0.0837. The van der Waals surface area contributed by atoms with Gasteiger partial charge in [0, 0.05) is 19.3 Å². The Hall–Kier alpha value is -2.63. The smallest absolute Gasteiger partial charge is 0.240 e. The molecule has 10 heteroatoms. The molecule has 2 aromatic carbocycles. The van der Waals surface area contributed by atoms with Gasteiger partial charge in [-0.1, -0.05) is 47.7 Å². The van der Waals surface area contributed by atoms with Crippen molar-refractivity contribution in [3.63, 3.8) is 0 Å². The van der Waals surface area contributed by atoms with Crippen molar-refractivity contribution in [3.05, 3.63) is 66.5 Å². The lowest BCUT2D eigenvalue weighted by Gasteiger charge is -2.36. The van der Waals surface area contributed by atoms with Gasteiger partial charge in [0.2, 0.25) is 10.0 Å². The number of aliphatic hydroxyl groups is 1. The van der Waals surface area contributed by atoms with Crippen LogP contribution in [0.15, 0.2) is 65.7 Å². The van der Waals surface area contributed by atoms with Crippen LogP contribution in [0.25, 0.3) is 11.1 Å². The first-order chi connectivity index (χ1) is 16.8. The highest BCUT2D eigenvalue weighted by atomic mass is 32.2. The van der Waals surface area contributed by atoms with E-state index in [0.717, 1.165) is 23.4 Å². The largest absolute Gasteiger partial charge is 0.394 e. The van der Waals surface area contributed by atoms with E-state index < -0.39 is 22.2 Å². The first-order valence-corrected chi connectivity index (χ1v) is 13.3. The predicted molar refractivity (Wildman–Crippen MR) is 133 cm³/mol. The molecule has 3 atom stereocenters.